The van der Waals surface area contributed by atoms with Gasteiger partial charge in [-0.2, -0.15) is 4.98 Å². The van der Waals surface area contributed by atoms with Crippen molar-refractivity contribution in [2.45, 2.75) is 46.2 Å². The molecule has 0 bridgehead atoms. The zero-order chi connectivity index (χ0) is 30.3. The molecule has 0 unspecified atom stereocenters. The molecule has 0 radical (unpaired) electrons. The van der Waals surface area contributed by atoms with Gasteiger partial charge in [-0.15, -0.1) is 0 Å². The standard InChI is InChI=1S/C31H33F2N7O2/c1-6-24(41)38-12-13-39(19(5)16-38)29-21-14-23(33)27(25-20(15-34)8-7-9-22(25)32)36-30(21)40(31(42)37-29)28-18(4)10-11-35-26(28)17(2)3/h6-11,14,17,19H,1,12-13,15-16,34H2,2-5H3/t19-/m0/s1. The van der Waals surface area contributed by atoms with Crippen molar-refractivity contribution in [1.29, 1.82) is 0 Å². The molecule has 3 aromatic heterocycles. The molecule has 4 heterocycles. The van der Waals surface area contributed by atoms with Crippen molar-refractivity contribution in [3.05, 3.63) is 88.1 Å². The molecular weight excluding hydrogens is 540 g/mol. The van der Waals surface area contributed by atoms with Crippen LogP contribution >= 0.6 is 0 Å². The molecule has 42 heavy (non-hydrogen) atoms. The molecule has 1 aliphatic rings. The van der Waals surface area contributed by atoms with Crippen molar-refractivity contribution in [3.63, 3.8) is 0 Å². The van der Waals surface area contributed by atoms with Gasteiger partial charge in [0.25, 0.3) is 0 Å². The second-order valence-corrected chi connectivity index (χ2v) is 10.8. The molecule has 1 atom stereocenters. The molecule has 1 amide bonds. The van der Waals surface area contributed by atoms with Gasteiger partial charge in [-0.05, 0) is 55.2 Å². The zero-order valence-electron chi connectivity index (χ0n) is 24.1. The molecule has 218 valence electrons. The first-order valence-corrected chi connectivity index (χ1v) is 13.8. The Bertz CT molecular complexity index is 1770. The summed E-state index contributed by atoms with van der Waals surface area (Å²) in [6.45, 7) is 12.3. The fourth-order valence-corrected chi connectivity index (χ4v) is 5.59. The van der Waals surface area contributed by atoms with E-state index in [1.54, 1.807) is 23.2 Å². The lowest BCUT2D eigenvalue weighted by Crippen LogP contribution is -2.54. The second kappa shape index (κ2) is 11.4. The van der Waals surface area contributed by atoms with E-state index in [1.165, 1.54) is 28.8 Å². The van der Waals surface area contributed by atoms with Gasteiger partial charge in [-0.25, -0.2) is 23.1 Å². The molecule has 0 aliphatic carbocycles. The monoisotopic (exact) mass is 573 g/mol. The number of hydrogen-bond donors (Lipinski definition) is 1. The maximum absolute atomic E-state index is 16.0. The third-order valence-corrected chi connectivity index (χ3v) is 7.67. The minimum Gasteiger partial charge on any atom is -0.350 e. The van der Waals surface area contributed by atoms with E-state index in [2.05, 4.69) is 21.5 Å². The number of rotatable bonds is 6. The normalized spacial score (nSPS) is 15.5. The smallest absolute Gasteiger partial charge is 0.350 e. The molecule has 9 nitrogen and oxygen atoms in total. The number of aryl methyl sites for hydroxylation is 1. The van der Waals surface area contributed by atoms with Crippen molar-refractivity contribution in [2.24, 2.45) is 5.73 Å². The summed E-state index contributed by atoms with van der Waals surface area (Å²) in [6.07, 6.45) is 2.93. The van der Waals surface area contributed by atoms with Crippen LogP contribution < -0.4 is 16.3 Å². The van der Waals surface area contributed by atoms with Gasteiger partial charge in [0.15, 0.2) is 5.65 Å². The van der Waals surface area contributed by atoms with Crippen LogP contribution in [0.4, 0.5) is 14.6 Å². The van der Waals surface area contributed by atoms with Crippen molar-refractivity contribution in [2.75, 3.05) is 24.5 Å². The first kappa shape index (κ1) is 29.0. The maximum atomic E-state index is 16.0. The van der Waals surface area contributed by atoms with Gasteiger partial charge in [-0.1, -0.05) is 32.6 Å². The number of nitrogens with two attached hydrogens (primary N) is 1. The van der Waals surface area contributed by atoms with Gasteiger partial charge in [0.2, 0.25) is 5.91 Å². The summed E-state index contributed by atoms with van der Waals surface area (Å²) in [6, 6.07) is 7.11. The van der Waals surface area contributed by atoms with Crippen molar-refractivity contribution >= 4 is 22.8 Å². The number of aromatic nitrogens is 4. The Balaban J connectivity index is 1.84. The summed E-state index contributed by atoms with van der Waals surface area (Å²) in [4.78, 5) is 43.4. The Morgan fingerprint density at radius 2 is 1.95 bits per heavy atom. The van der Waals surface area contributed by atoms with E-state index in [-0.39, 0.29) is 52.5 Å². The number of nitrogens with zero attached hydrogens (tertiary/aromatic N) is 6. The molecule has 11 heteroatoms. The highest BCUT2D eigenvalue weighted by atomic mass is 19.1. The highest BCUT2D eigenvalue weighted by Gasteiger charge is 2.31. The van der Waals surface area contributed by atoms with E-state index in [0.717, 1.165) is 5.56 Å². The molecule has 2 N–H and O–H groups in total. The lowest BCUT2D eigenvalue weighted by molar-refractivity contribution is -0.126. The van der Waals surface area contributed by atoms with Crippen molar-refractivity contribution < 1.29 is 13.6 Å². The SMILES string of the molecule is C=CC(=O)N1CCN(c2nc(=O)n(-c3c(C)ccnc3C(C)C)c3nc(-c4c(F)cccc4CN)c(F)cc23)[C@@H](C)C1. The van der Waals surface area contributed by atoms with E-state index in [4.69, 9.17) is 5.73 Å². The van der Waals surface area contributed by atoms with Crippen LogP contribution in [-0.2, 0) is 11.3 Å². The Hall–Kier alpha value is -4.51. The third kappa shape index (κ3) is 4.94. The predicted octanol–water partition coefficient (Wildman–Crippen LogP) is 4.23. The highest BCUT2D eigenvalue weighted by Crippen LogP contribution is 2.35. The fraction of sp³-hybridized carbons (Fsp3) is 0.323. The van der Waals surface area contributed by atoms with Crippen LogP contribution in [0.2, 0.25) is 0 Å². The molecule has 5 rings (SSSR count). The maximum Gasteiger partial charge on any atom is 0.355 e. The molecule has 1 aromatic carbocycles. The predicted molar refractivity (Wildman–Crippen MR) is 159 cm³/mol. The van der Waals surface area contributed by atoms with E-state index in [9.17, 15) is 9.59 Å². The molecule has 0 saturated carbocycles. The molecular formula is C31H33F2N7O2. The number of anilines is 1. The van der Waals surface area contributed by atoms with E-state index < -0.39 is 17.3 Å². The van der Waals surface area contributed by atoms with Crippen LogP contribution in [0.3, 0.4) is 0 Å². The Kier molecular flexibility index (Phi) is 7.87. The van der Waals surface area contributed by atoms with Gasteiger partial charge in [-0.3, -0.25) is 9.78 Å². The number of hydrogen-bond acceptors (Lipinski definition) is 7. The van der Waals surface area contributed by atoms with E-state index in [0.29, 0.717) is 36.6 Å². The molecule has 4 aromatic rings. The largest absolute Gasteiger partial charge is 0.355 e. The summed E-state index contributed by atoms with van der Waals surface area (Å²) >= 11 is 0. The summed E-state index contributed by atoms with van der Waals surface area (Å²) in [7, 11) is 0. The third-order valence-electron chi connectivity index (χ3n) is 7.67. The minimum atomic E-state index is -0.782. The quantitative estimate of drug-likeness (QED) is 0.344. The van der Waals surface area contributed by atoms with Gasteiger partial charge in [0.1, 0.15) is 23.1 Å². The number of carbonyl (C=O) groups is 1. The average Bonchev–Trinajstić information content (AvgIpc) is 2.96. The number of amides is 1. The lowest BCUT2D eigenvalue weighted by atomic mass is 10.0. The summed E-state index contributed by atoms with van der Waals surface area (Å²) in [5, 5.41) is 0.273. The second-order valence-electron chi connectivity index (χ2n) is 10.8. The molecule has 0 spiro atoms. The number of benzene rings is 1. The van der Waals surface area contributed by atoms with Gasteiger partial charge in [0.05, 0.1) is 16.8 Å². The highest BCUT2D eigenvalue weighted by molar-refractivity contribution is 5.91. The average molecular weight is 574 g/mol. The summed E-state index contributed by atoms with van der Waals surface area (Å²) in [5.74, 6) is -1.48. The number of piperazine rings is 1. The molecule has 1 fully saturated rings. The van der Waals surface area contributed by atoms with Crippen molar-refractivity contribution in [3.8, 4) is 16.9 Å². The van der Waals surface area contributed by atoms with E-state index >= 15 is 8.78 Å². The van der Waals surface area contributed by atoms with Gasteiger partial charge in [0, 0.05) is 44.0 Å². The number of halogens is 2. The van der Waals surface area contributed by atoms with Crippen LogP contribution in [0.15, 0.2) is 54.0 Å². The first-order chi connectivity index (χ1) is 20.1. The Labute approximate surface area is 242 Å². The van der Waals surface area contributed by atoms with Crippen LogP contribution in [0.5, 0.6) is 0 Å². The van der Waals surface area contributed by atoms with Crippen LogP contribution in [0.25, 0.3) is 28.0 Å². The van der Waals surface area contributed by atoms with Gasteiger partial charge >= 0.3 is 5.69 Å². The zero-order valence-corrected chi connectivity index (χ0v) is 24.1. The van der Waals surface area contributed by atoms with Crippen LogP contribution in [-0.4, -0.2) is 56.0 Å². The van der Waals surface area contributed by atoms with E-state index in [1.807, 2.05) is 32.6 Å². The van der Waals surface area contributed by atoms with Crippen LogP contribution in [0, 0.1) is 18.6 Å². The van der Waals surface area contributed by atoms with Crippen molar-refractivity contribution in [1.82, 2.24) is 24.4 Å². The molecule has 1 aliphatic heterocycles. The van der Waals surface area contributed by atoms with Gasteiger partial charge < -0.3 is 15.5 Å². The number of pyridine rings is 2. The number of fused-ring (bicyclic) bond motifs is 1. The summed E-state index contributed by atoms with van der Waals surface area (Å²) < 4.78 is 32.5. The first-order valence-electron chi connectivity index (χ1n) is 13.8. The molecule has 1 saturated heterocycles. The lowest BCUT2D eigenvalue weighted by Gasteiger charge is -2.40. The Morgan fingerprint density at radius 3 is 2.62 bits per heavy atom. The Morgan fingerprint density at radius 1 is 1.19 bits per heavy atom. The van der Waals surface area contributed by atoms with Crippen LogP contribution in [0.1, 0.15) is 43.5 Å². The summed E-state index contributed by atoms with van der Waals surface area (Å²) in [5.41, 5.74) is 7.30. The fourth-order valence-electron chi connectivity index (χ4n) is 5.59. The number of carbonyl (C=O) groups excluding carboxylic acids is 1. The topological polar surface area (TPSA) is 110 Å². The minimum absolute atomic E-state index is 0.0366.